The second-order valence-corrected chi connectivity index (χ2v) is 10.1. The Morgan fingerprint density at radius 2 is 1.83 bits per heavy atom. The molecule has 2 aromatic rings. The van der Waals surface area contributed by atoms with Gasteiger partial charge in [-0.25, -0.2) is 13.1 Å². The van der Waals surface area contributed by atoms with Crippen molar-refractivity contribution in [2.45, 2.75) is 44.5 Å². The Labute approximate surface area is 174 Å². The average Bonchev–Trinajstić information content (AvgIpc) is 3.14. The smallest absolute Gasteiger partial charge is 0.270 e. The number of nitrogens with zero attached hydrogens (tertiary/aromatic N) is 2. The molecule has 0 bridgehead atoms. The first kappa shape index (κ1) is 23.0. The zero-order valence-electron chi connectivity index (χ0n) is 17.3. The third-order valence-corrected chi connectivity index (χ3v) is 6.73. The molecule has 1 amide bonds. The van der Waals surface area contributed by atoms with Gasteiger partial charge in [-0.05, 0) is 24.1 Å². The van der Waals surface area contributed by atoms with Crippen LogP contribution < -0.4 is 19.5 Å². The Kier molecular flexibility index (Phi) is 7.20. The number of ether oxygens (including phenoxy) is 2. The van der Waals surface area contributed by atoms with E-state index in [0.717, 1.165) is 16.9 Å². The summed E-state index contributed by atoms with van der Waals surface area (Å²) in [7, 11) is -0.888. The minimum Gasteiger partial charge on any atom is -0.493 e. The number of carbonyl (C=O) groups is 1. The van der Waals surface area contributed by atoms with Gasteiger partial charge in [-0.1, -0.05) is 45.1 Å². The number of benzene rings is 1. The lowest BCUT2D eigenvalue weighted by atomic mass is 9.96. The van der Waals surface area contributed by atoms with Gasteiger partial charge in [0.2, 0.25) is 15.4 Å². The lowest BCUT2D eigenvalue weighted by Crippen LogP contribution is -2.28. The molecular formula is C18H26N4O5S2. The number of hydrogen-bond acceptors (Lipinski definition) is 8. The third kappa shape index (κ3) is 5.64. The van der Waals surface area contributed by atoms with Crippen molar-refractivity contribution in [3.05, 3.63) is 23.8 Å². The number of rotatable bonds is 8. The van der Waals surface area contributed by atoms with Crippen LogP contribution in [0.1, 0.15) is 45.7 Å². The zero-order chi connectivity index (χ0) is 21.8. The highest BCUT2D eigenvalue weighted by atomic mass is 32.2. The number of nitrogens with one attached hydrogen (secondary N) is 2. The molecule has 0 aliphatic rings. The van der Waals surface area contributed by atoms with E-state index in [9.17, 15) is 13.2 Å². The van der Waals surface area contributed by atoms with Crippen molar-refractivity contribution in [1.82, 2.24) is 14.9 Å². The summed E-state index contributed by atoms with van der Waals surface area (Å²) in [5.41, 5.74) is 0.0865. The molecule has 0 saturated carbocycles. The standard InChI is InChI=1S/C18H26N4O5S2/c1-7-12(11-8-9-13(26-5)14(10-11)27-6)22-29(24,25)17-21-20-16(28-17)19-15(23)18(2,3)4/h8-10,12,22H,7H2,1-6H3,(H,19,20,23). The van der Waals surface area contributed by atoms with E-state index < -0.39 is 21.5 Å². The maximum Gasteiger partial charge on any atom is 0.270 e. The highest BCUT2D eigenvalue weighted by Gasteiger charge is 2.27. The molecule has 1 aromatic carbocycles. The second kappa shape index (κ2) is 9.06. The lowest BCUT2D eigenvalue weighted by molar-refractivity contribution is -0.123. The summed E-state index contributed by atoms with van der Waals surface area (Å²) in [4.78, 5) is 12.1. The van der Waals surface area contributed by atoms with E-state index in [1.165, 1.54) is 14.2 Å². The summed E-state index contributed by atoms with van der Waals surface area (Å²) >= 11 is 0.796. The monoisotopic (exact) mass is 442 g/mol. The predicted molar refractivity (Wildman–Crippen MR) is 111 cm³/mol. The van der Waals surface area contributed by atoms with E-state index in [0.29, 0.717) is 17.9 Å². The van der Waals surface area contributed by atoms with Crippen molar-refractivity contribution in [2.75, 3.05) is 19.5 Å². The number of aromatic nitrogens is 2. The largest absolute Gasteiger partial charge is 0.493 e. The molecule has 11 heteroatoms. The van der Waals surface area contributed by atoms with Crippen molar-refractivity contribution >= 4 is 32.4 Å². The molecule has 29 heavy (non-hydrogen) atoms. The topological polar surface area (TPSA) is 120 Å². The van der Waals surface area contributed by atoms with Crippen LogP contribution in [0.3, 0.4) is 0 Å². The number of methoxy groups -OCH3 is 2. The molecule has 1 atom stereocenters. The molecule has 0 fully saturated rings. The molecule has 1 unspecified atom stereocenters. The first-order valence-electron chi connectivity index (χ1n) is 8.91. The maximum absolute atomic E-state index is 12.8. The van der Waals surface area contributed by atoms with Gasteiger partial charge in [-0.2, -0.15) is 0 Å². The lowest BCUT2D eigenvalue weighted by Gasteiger charge is -2.18. The number of carbonyl (C=O) groups excluding carboxylic acids is 1. The fraction of sp³-hybridized carbons (Fsp3) is 0.500. The molecule has 9 nitrogen and oxygen atoms in total. The van der Waals surface area contributed by atoms with Crippen molar-refractivity contribution in [2.24, 2.45) is 5.41 Å². The Balaban J connectivity index is 2.22. The van der Waals surface area contributed by atoms with Crippen LogP contribution in [0.25, 0.3) is 0 Å². The van der Waals surface area contributed by atoms with Crippen molar-refractivity contribution in [3.8, 4) is 11.5 Å². The number of anilines is 1. The minimum atomic E-state index is -3.93. The summed E-state index contributed by atoms with van der Waals surface area (Å²) in [6, 6.07) is 4.71. The summed E-state index contributed by atoms with van der Waals surface area (Å²) in [6.45, 7) is 7.10. The summed E-state index contributed by atoms with van der Waals surface area (Å²) in [5, 5.41) is 10.2. The Bertz CT molecular complexity index is 967. The number of hydrogen-bond donors (Lipinski definition) is 2. The molecule has 0 spiro atoms. The van der Waals surface area contributed by atoms with Gasteiger partial charge in [-0.15, -0.1) is 10.2 Å². The summed E-state index contributed by atoms with van der Waals surface area (Å²) in [6.07, 6.45) is 0.501. The van der Waals surface area contributed by atoms with Gasteiger partial charge in [0.25, 0.3) is 10.0 Å². The van der Waals surface area contributed by atoms with E-state index in [4.69, 9.17) is 9.47 Å². The number of amides is 1. The Morgan fingerprint density at radius 3 is 2.38 bits per heavy atom. The van der Waals surface area contributed by atoms with Gasteiger partial charge in [0.1, 0.15) is 0 Å². The van der Waals surface area contributed by atoms with Crippen molar-refractivity contribution in [1.29, 1.82) is 0 Å². The first-order chi connectivity index (χ1) is 13.5. The summed E-state index contributed by atoms with van der Waals surface area (Å²) < 4.78 is 38.5. The molecule has 2 rings (SSSR count). The van der Waals surface area contributed by atoms with Gasteiger partial charge in [0, 0.05) is 11.5 Å². The first-order valence-corrected chi connectivity index (χ1v) is 11.2. The van der Waals surface area contributed by atoms with E-state index in [1.807, 2.05) is 6.92 Å². The highest BCUT2D eigenvalue weighted by Crippen LogP contribution is 2.32. The molecule has 0 radical (unpaired) electrons. The molecule has 1 heterocycles. The highest BCUT2D eigenvalue weighted by molar-refractivity contribution is 7.91. The van der Waals surface area contributed by atoms with Crippen LogP contribution in [0.2, 0.25) is 0 Å². The van der Waals surface area contributed by atoms with Crippen LogP contribution >= 0.6 is 11.3 Å². The van der Waals surface area contributed by atoms with Crippen LogP contribution in [0.5, 0.6) is 11.5 Å². The Morgan fingerprint density at radius 1 is 1.17 bits per heavy atom. The molecule has 0 saturated heterocycles. The van der Waals surface area contributed by atoms with Gasteiger partial charge >= 0.3 is 0 Å². The van der Waals surface area contributed by atoms with Crippen LogP contribution in [-0.2, 0) is 14.8 Å². The van der Waals surface area contributed by atoms with E-state index in [1.54, 1.807) is 39.0 Å². The summed E-state index contributed by atoms with van der Waals surface area (Å²) in [5.74, 6) is 0.783. The van der Waals surface area contributed by atoms with Gasteiger partial charge in [0.05, 0.1) is 14.2 Å². The number of sulfonamides is 1. The fourth-order valence-corrected chi connectivity index (χ4v) is 4.57. The zero-order valence-corrected chi connectivity index (χ0v) is 18.9. The van der Waals surface area contributed by atoms with Gasteiger partial charge in [0.15, 0.2) is 11.5 Å². The Hall–Kier alpha value is -2.24. The van der Waals surface area contributed by atoms with Gasteiger partial charge < -0.3 is 14.8 Å². The molecule has 0 aliphatic carbocycles. The van der Waals surface area contributed by atoms with Crippen LogP contribution in [0.15, 0.2) is 22.5 Å². The third-order valence-electron chi connectivity index (χ3n) is 4.05. The predicted octanol–water partition coefficient (Wildman–Crippen LogP) is 2.97. The molecule has 1 aromatic heterocycles. The van der Waals surface area contributed by atoms with E-state index >= 15 is 0 Å². The minimum absolute atomic E-state index is 0.129. The van der Waals surface area contributed by atoms with Crippen LogP contribution in [-0.4, -0.2) is 38.7 Å². The normalized spacial score (nSPS) is 13.0. The van der Waals surface area contributed by atoms with Crippen molar-refractivity contribution < 1.29 is 22.7 Å². The van der Waals surface area contributed by atoms with E-state index in [2.05, 4.69) is 20.2 Å². The molecular weight excluding hydrogens is 416 g/mol. The molecule has 2 N–H and O–H groups in total. The van der Waals surface area contributed by atoms with Crippen LogP contribution in [0, 0.1) is 5.41 Å². The van der Waals surface area contributed by atoms with Gasteiger partial charge in [-0.3, -0.25) is 4.79 Å². The second-order valence-electron chi connectivity index (χ2n) is 7.27. The quantitative estimate of drug-likeness (QED) is 0.603. The van der Waals surface area contributed by atoms with E-state index in [-0.39, 0.29) is 15.4 Å². The average molecular weight is 443 g/mol. The molecule has 0 aliphatic heterocycles. The SMILES string of the molecule is CCC(NS(=O)(=O)c1nnc(NC(=O)C(C)(C)C)s1)c1ccc(OC)c(OC)c1. The van der Waals surface area contributed by atoms with Crippen molar-refractivity contribution in [3.63, 3.8) is 0 Å². The fourth-order valence-electron chi connectivity index (χ4n) is 2.35. The molecule has 160 valence electrons. The maximum atomic E-state index is 12.8. The van der Waals surface area contributed by atoms with Crippen LogP contribution in [0.4, 0.5) is 5.13 Å².